The predicted octanol–water partition coefficient (Wildman–Crippen LogP) is 2.91. The molecule has 1 fully saturated rings. The molecule has 0 heterocycles. The molecule has 0 aromatic carbocycles. The van der Waals surface area contributed by atoms with Crippen LogP contribution in [0.25, 0.3) is 0 Å². The zero-order valence-corrected chi connectivity index (χ0v) is 11.4. The summed E-state index contributed by atoms with van der Waals surface area (Å²) in [6, 6.07) is 0. The lowest BCUT2D eigenvalue weighted by molar-refractivity contribution is -0.150. The van der Waals surface area contributed by atoms with Gasteiger partial charge in [-0.1, -0.05) is 13.3 Å². The minimum Gasteiger partial charge on any atom is -0.465 e. The van der Waals surface area contributed by atoms with E-state index in [4.69, 9.17) is 4.74 Å². The van der Waals surface area contributed by atoms with Crippen molar-refractivity contribution in [3.8, 4) is 0 Å². The van der Waals surface area contributed by atoms with Gasteiger partial charge < -0.3 is 9.84 Å². The van der Waals surface area contributed by atoms with Crippen molar-refractivity contribution < 1.29 is 14.6 Å². The third-order valence-electron chi connectivity index (χ3n) is 3.80. The molecule has 0 atom stereocenters. The van der Waals surface area contributed by atoms with Crippen LogP contribution in [0, 0.1) is 11.8 Å². The van der Waals surface area contributed by atoms with Gasteiger partial charge in [0, 0.05) is 0 Å². The number of unbranched alkanes of at least 4 members (excludes halogenated alkanes) is 1. The molecule has 0 saturated heterocycles. The zero-order valence-electron chi connectivity index (χ0n) is 11.4. The second kappa shape index (κ2) is 6.39. The number of rotatable bonds is 5. The maximum atomic E-state index is 11.7. The molecule has 0 aliphatic heterocycles. The van der Waals surface area contributed by atoms with E-state index in [0.29, 0.717) is 12.5 Å². The predicted molar refractivity (Wildman–Crippen MR) is 67.6 cm³/mol. The standard InChI is InChI=1S/C14H26O3/c1-4-5-10-17-13(15)11-6-8-12(9-7-11)14(2,3)16/h11-12,16H,4-10H2,1-3H3. The van der Waals surface area contributed by atoms with E-state index in [0.717, 1.165) is 38.5 Å². The van der Waals surface area contributed by atoms with Crippen LogP contribution >= 0.6 is 0 Å². The first kappa shape index (κ1) is 14.5. The lowest BCUT2D eigenvalue weighted by Crippen LogP contribution is -2.35. The maximum absolute atomic E-state index is 11.7. The van der Waals surface area contributed by atoms with Gasteiger partial charge in [0.2, 0.25) is 0 Å². The average molecular weight is 242 g/mol. The minimum absolute atomic E-state index is 0.0346. The summed E-state index contributed by atoms with van der Waals surface area (Å²) in [7, 11) is 0. The van der Waals surface area contributed by atoms with E-state index in [1.54, 1.807) is 0 Å². The zero-order chi connectivity index (χ0) is 12.9. The van der Waals surface area contributed by atoms with E-state index in [1.165, 1.54) is 0 Å². The monoisotopic (exact) mass is 242 g/mol. The molecule has 1 aliphatic carbocycles. The molecule has 0 aromatic rings. The topological polar surface area (TPSA) is 46.5 Å². The van der Waals surface area contributed by atoms with E-state index in [1.807, 2.05) is 13.8 Å². The molecule has 0 bridgehead atoms. The molecule has 0 aromatic heterocycles. The Morgan fingerprint density at radius 1 is 1.29 bits per heavy atom. The van der Waals surface area contributed by atoms with Gasteiger partial charge in [-0.25, -0.2) is 0 Å². The van der Waals surface area contributed by atoms with Crippen LogP contribution in [0.3, 0.4) is 0 Å². The van der Waals surface area contributed by atoms with Crippen LogP contribution in [0.5, 0.6) is 0 Å². The van der Waals surface area contributed by atoms with Gasteiger partial charge in [0.25, 0.3) is 0 Å². The number of carbonyl (C=O) groups is 1. The molecule has 1 saturated carbocycles. The fourth-order valence-electron chi connectivity index (χ4n) is 2.47. The molecular formula is C14H26O3. The molecule has 0 unspecified atom stereocenters. The first-order valence-corrected chi connectivity index (χ1v) is 6.84. The normalized spacial score (nSPS) is 25.6. The highest BCUT2D eigenvalue weighted by atomic mass is 16.5. The Morgan fingerprint density at radius 3 is 2.35 bits per heavy atom. The third-order valence-corrected chi connectivity index (χ3v) is 3.80. The van der Waals surface area contributed by atoms with E-state index >= 15 is 0 Å². The Bertz CT molecular complexity index is 234. The summed E-state index contributed by atoms with van der Waals surface area (Å²) in [6.45, 7) is 6.36. The Labute approximate surface area is 105 Å². The van der Waals surface area contributed by atoms with Crippen molar-refractivity contribution in [3.63, 3.8) is 0 Å². The Balaban J connectivity index is 2.29. The van der Waals surface area contributed by atoms with Crippen LogP contribution in [-0.2, 0) is 9.53 Å². The molecule has 3 heteroatoms. The SMILES string of the molecule is CCCCOC(=O)C1CCC(C(C)(C)O)CC1. The fraction of sp³-hybridized carbons (Fsp3) is 0.929. The fourth-order valence-corrected chi connectivity index (χ4v) is 2.47. The van der Waals surface area contributed by atoms with Crippen LogP contribution in [0.15, 0.2) is 0 Å². The van der Waals surface area contributed by atoms with E-state index in [2.05, 4.69) is 6.92 Å². The second-order valence-electron chi connectivity index (χ2n) is 5.72. The highest BCUT2D eigenvalue weighted by Gasteiger charge is 2.34. The lowest BCUT2D eigenvalue weighted by atomic mass is 9.75. The summed E-state index contributed by atoms with van der Waals surface area (Å²) < 4.78 is 5.24. The average Bonchev–Trinajstić information content (AvgIpc) is 2.28. The highest BCUT2D eigenvalue weighted by molar-refractivity contribution is 5.72. The van der Waals surface area contributed by atoms with Gasteiger partial charge in [-0.05, 0) is 51.9 Å². The van der Waals surface area contributed by atoms with Crippen molar-refractivity contribution in [1.29, 1.82) is 0 Å². The Morgan fingerprint density at radius 2 is 1.88 bits per heavy atom. The first-order chi connectivity index (χ1) is 7.95. The van der Waals surface area contributed by atoms with Crippen LogP contribution in [0.1, 0.15) is 59.3 Å². The first-order valence-electron chi connectivity index (χ1n) is 6.84. The van der Waals surface area contributed by atoms with E-state index < -0.39 is 5.60 Å². The van der Waals surface area contributed by atoms with Gasteiger partial charge in [0.1, 0.15) is 0 Å². The molecule has 1 aliphatic rings. The molecule has 1 N–H and O–H groups in total. The van der Waals surface area contributed by atoms with Gasteiger partial charge in [-0.3, -0.25) is 4.79 Å². The van der Waals surface area contributed by atoms with Gasteiger partial charge in [-0.2, -0.15) is 0 Å². The van der Waals surface area contributed by atoms with Crippen LogP contribution in [-0.4, -0.2) is 23.3 Å². The second-order valence-corrected chi connectivity index (χ2v) is 5.72. The molecular weight excluding hydrogens is 216 g/mol. The van der Waals surface area contributed by atoms with Gasteiger partial charge in [0.15, 0.2) is 0 Å². The summed E-state index contributed by atoms with van der Waals surface area (Å²) in [4.78, 5) is 11.7. The van der Waals surface area contributed by atoms with E-state index in [9.17, 15) is 9.90 Å². The minimum atomic E-state index is -0.614. The third kappa shape index (κ3) is 4.66. The van der Waals surface area contributed by atoms with Crippen molar-refractivity contribution in [1.82, 2.24) is 0 Å². The number of carbonyl (C=O) groups excluding carboxylic acids is 1. The number of esters is 1. The summed E-state index contributed by atoms with van der Waals surface area (Å²) in [5.41, 5.74) is -0.614. The maximum Gasteiger partial charge on any atom is 0.308 e. The molecule has 100 valence electrons. The van der Waals surface area contributed by atoms with Crippen molar-refractivity contribution in [3.05, 3.63) is 0 Å². The quantitative estimate of drug-likeness (QED) is 0.595. The summed E-state index contributed by atoms with van der Waals surface area (Å²) in [6.07, 6.45) is 5.58. The van der Waals surface area contributed by atoms with Crippen molar-refractivity contribution in [2.75, 3.05) is 6.61 Å². The van der Waals surface area contributed by atoms with Crippen LogP contribution in [0.4, 0.5) is 0 Å². The van der Waals surface area contributed by atoms with Gasteiger partial charge >= 0.3 is 5.97 Å². The lowest BCUT2D eigenvalue weighted by Gasteiger charge is -2.35. The molecule has 17 heavy (non-hydrogen) atoms. The highest BCUT2D eigenvalue weighted by Crippen LogP contribution is 2.35. The summed E-state index contributed by atoms with van der Waals surface area (Å²) >= 11 is 0. The number of aliphatic hydroxyl groups is 1. The molecule has 1 rings (SSSR count). The smallest absolute Gasteiger partial charge is 0.308 e. The van der Waals surface area contributed by atoms with Gasteiger partial charge in [-0.15, -0.1) is 0 Å². The molecule has 3 nitrogen and oxygen atoms in total. The number of ether oxygens (including phenoxy) is 1. The Hall–Kier alpha value is -0.570. The van der Waals surface area contributed by atoms with E-state index in [-0.39, 0.29) is 11.9 Å². The molecule has 0 radical (unpaired) electrons. The van der Waals surface area contributed by atoms with Crippen LogP contribution in [0.2, 0.25) is 0 Å². The largest absolute Gasteiger partial charge is 0.465 e. The van der Waals surface area contributed by atoms with Crippen LogP contribution < -0.4 is 0 Å². The Kier molecular flexibility index (Phi) is 5.44. The van der Waals surface area contributed by atoms with Gasteiger partial charge in [0.05, 0.1) is 18.1 Å². The summed E-state index contributed by atoms with van der Waals surface area (Å²) in [5, 5.41) is 9.92. The molecule has 0 spiro atoms. The van der Waals surface area contributed by atoms with Crippen molar-refractivity contribution in [2.24, 2.45) is 11.8 Å². The summed E-state index contributed by atoms with van der Waals surface area (Å²) in [5.74, 6) is 0.347. The van der Waals surface area contributed by atoms with Crippen molar-refractivity contribution in [2.45, 2.75) is 64.9 Å². The number of hydrogen-bond acceptors (Lipinski definition) is 3. The molecule has 0 amide bonds. The van der Waals surface area contributed by atoms with Crippen molar-refractivity contribution >= 4 is 5.97 Å². The number of hydrogen-bond donors (Lipinski definition) is 1.